The van der Waals surface area contributed by atoms with Gasteiger partial charge in [0.25, 0.3) is 0 Å². The molecule has 0 spiro atoms. The third-order valence-corrected chi connectivity index (χ3v) is 7.44. The van der Waals surface area contributed by atoms with Crippen LogP contribution in [0.5, 0.6) is 5.75 Å². The maximum absolute atomic E-state index is 14.2. The van der Waals surface area contributed by atoms with Gasteiger partial charge in [0.15, 0.2) is 0 Å². The number of carbonyl (C=O) groups is 2. The Kier molecular flexibility index (Phi) is 10.1. The fourth-order valence-corrected chi connectivity index (χ4v) is 5.23. The predicted octanol–water partition coefficient (Wildman–Crippen LogP) is 4.46. The van der Waals surface area contributed by atoms with Crippen LogP contribution in [0.25, 0.3) is 0 Å². The van der Waals surface area contributed by atoms with Crippen molar-refractivity contribution in [3.63, 3.8) is 0 Å². The summed E-state index contributed by atoms with van der Waals surface area (Å²) in [6, 6.07) is 18.9. The Balaban J connectivity index is 2.11. The predicted molar refractivity (Wildman–Crippen MR) is 159 cm³/mol. The average Bonchev–Trinajstić information content (AvgIpc) is 2.89. The van der Waals surface area contributed by atoms with E-state index >= 15 is 0 Å². The van der Waals surface area contributed by atoms with Crippen LogP contribution < -0.4 is 14.4 Å². The zero-order chi connectivity index (χ0) is 30.4. The van der Waals surface area contributed by atoms with Crippen LogP contribution >= 0.6 is 0 Å². The molecule has 1 atom stereocenters. The molecule has 1 N–H and O–H groups in total. The number of carbonyl (C=O) groups excluding carboxylic acids is 2. The maximum atomic E-state index is 14.2. The topological polar surface area (TPSA) is 96.0 Å². The Morgan fingerprint density at radius 2 is 1.61 bits per heavy atom. The molecule has 3 rings (SSSR count). The highest BCUT2D eigenvalue weighted by Crippen LogP contribution is 2.31. The molecule has 0 aliphatic carbocycles. The van der Waals surface area contributed by atoms with Crippen molar-refractivity contribution in [3.05, 3.63) is 95.3 Å². The molecule has 8 nitrogen and oxygen atoms in total. The van der Waals surface area contributed by atoms with Crippen molar-refractivity contribution < 1.29 is 27.1 Å². The Morgan fingerprint density at radius 1 is 0.976 bits per heavy atom. The number of nitrogens with zero attached hydrogens (tertiary/aromatic N) is 2. The quantitative estimate of drug-likeness (QED) is 0.360. The molecular weight excluding hydrogens is 545 g/mol. The Labute approximate surface area is 242 Å². The first kappa shape index (κ1) is 31.6. The molecule has 0 bridgehead atoms. The highest BCUT2D eigenvalue weighted by Gasteiger charge is 2.35. The number of methoxy groups -OCH3 is 1. The second-order valence-corrected chi connectivity index (χ2v) is 12.9. The van der Waals surface area contributed by atoms with Crippen molar-refractivity contribution >= 4 is 27.5 Å². The van der Waals surface area contributed by atoms with Gasteiger partial charge in [-0.1, -0.05) is 48.5 Å². The van der Waals surface area contributed by atoms with E-state index in [2.05, 4.69) is 5.32 Å². The van der Waals surface area contributed by atoms with Gasteiger partial charge in [0.05, 0.1) is 19.1 Å². The minimum Gasteiger partial charge on any atom is -0.495 e. The van der Waals surface area contributed by atoms with Crippen molar-refractivity contribution in [2.45, 2.75) is 52.2 Å². The van der Waals surface area contributed by atoms with Crippen molar-refractivity contribution in [2.75, 3.05) is 24.2 Å². The number of nitrogens with one attached hydrogen (secondary N) is 1. The van der Waals surface area contributed by atoms with Crippen LogP contribution in [0.15, 0.2) is 72.8 Å². The van der Waals surface area contributed by atoms with Crippen molar-refractivity contribution in [2.24, 2.45) is 0 Å². The number of benzene rings is 3. The lowest BCUT2D eigenvalue weighted by atomic mass is 10.0. The van der Waals surface area contributed by atoms with E-state index in [1.807, 2.05) is 51.1 Å². The first-order valence-electron chi connectivity index (χ1n) is 13.2. The zero-order valence-corrected chi connectivity index (χ0v) is 25.2. The fraction of sp³-hybridized carbons (Fsp3) is 0.355. The van der Waals surface area contributed by atoms with Gasteiger partial charge in [0.2, 0.25) is 21.8 Å². The maximum Gasteiger partial charge on any atom is 0.244 e. The second kappa shape index (κ2) is 13.2. The van der Waals surface area contributed by atoms with Gasteiger partial charge in [0, 0.05) is 18.5 Å². The van der Waals surface area contributed by atoms with Gasteiger partial charge >= 0.3 is 0 Å². The molecule has 0 saturated heterocycles. The summed E-state index contributed by atoms with van der Waals surface area (Å²) in [5.41, 5.74) is 1.80. The summed E-state index contributed by atoms with van der Waals surface area (Å²) in [6.07, 6.45) is 1.20. The van der Waals surface area contributed by atoms with Gasteiger partial charge in [-0.15, -0.1) is 0 Å². The number of sulfonamides is 1. The van der Waals surface area contributed by atoms with E-state index in [4.69, 9.17) is 4.74 Å². The summed E-state index contributed by atoms with van der Waals surface area (Å²) >= 11 is 0. The van der Waals surface area contributed by atoms with Crippen LogP contribution in [0.3, 0.4) is 0 Å². The highest BCUT2D eigenvalue weighted by molar-refractivity contribution is 7.92. The van der Waals surface area contributed by atoms with Crippen LogP contribution in [0.1, 0.15) is 37.5 Å². The Bertz CT molecular complexity index is 1460. The largest absolute Gasteiger partial charge is 0.495 e. The molecule has 220 valence electrons. The van der Waals surface area contributed by atoms with Crippen LogP contribution in [0.2, 0.25) is 0 Å². The van der Waals surface area contributed by atoms with E-state index in [0.29, 0.717) is 5.56 Å². The van der Waals surface area contributed by atoms with Crippen LogP contribution in [-0.2, 0) is 32.6 Å². The van der Waals surface area contributed by atoms with Crippen LogP contribution in [-0.4, -0.2) is 56.6 Å². The van der Waals surface area contributed by atoms with Crippen molar-refractivity contribution in [1.29, 1.82) is 0 Å². The molecule has 10 heteroatoms. The third-order valence-electron chi connectivity index (χ3n) is 6.32. The second-order valence-electron chi connectivity index (χ2n) is 11.0. The minimum atomic E-state index is -3.95. The number of ether oxygens (including phenoxy) is 1. The number of aryl methyl sites for hydroxylation is 1. The molecule has 0 unspecified atom stereocenters. The van der Waals surface area contributed by atoms with Gasteiger partial charge in [-0.2, -0.15) is 0 Å². The molecule has 0 aromatic heterocycles. The van der Waals surface area contributed by atoms with Crippen molar-refractivity contribution in [1.82, 2.24) is 10.2 Å². The highest BCUT2D eigenvalue weighted by atomic mass is 32.2. The summed E-state index contributed by atoms with van der Waals surface area (Å²) in [5.74, 6) is -1.15. The summed E-state index contributed by atoms with van der Waals surface area (Å²) < 4.78 is 46.2. The number of hydrogen-bond acceptors (Lipinski definition) is 5. The van der Waals surface area contributed by atoms with Crippen molar-refractivity contribution in [3.8, 4) is 5.75 Å². The number of anilines is 1. The lowest BCUT2D eigenvalue weighted by molar-refractivity contribution is -0.140. The van der Waals surface area contributed by atoms with E-state index in [1.54, 1.807) is 25.1 Å². The molecule has 0 aliphatic rings. The van der Waals surface area contributed by atoms with Crippen LogP contribution in [0.4, 0.5) is 10.1 Å². The Hall–Kier alpha value is -3.92. The molecular formula is C31H38FN3O5S. The SMILES string of the molecule is COc1ccc(C)cc1N(CC(=O)N(Cc1ccc(F)cc1)[C@H](Cc1ccccc1)C(=O)NC(C)(C)C)S(C)(=O)=O. The Morgan fingerprint density at radius 3 is 2.17 bits per heavy atom. The third kappa shape index (κ3) is 9.04. The lowest BCUT2D eigenvalue weighted by Gasteiger charge is -2.35. The summed E-state index contributed by atoms with van der Waals surface area (Å²) in [5, 5.41) is 2.97. The smallest absolute Gasteiger partial charge is 0.244 e. The normalized spacial score (nSPS) is 12.4. The van der Waals surface area contributed by atoms with E-state index in [1.165, 1.54) is 36.3 Å². The molecule has 2 amide bonds. The molecule has 3 aromatic rings. The van der Waals surface area contributed by atoms with Gasteiger partial charge < -0.3 is 15.0 Å². The zero-order valence-electron chi connectivity index (χ0n) is 24.3. The van der Waals surface area contributed by atoms with Crippen LogP contribution in [0, 0.1) is 12.7 Å². The first-order chi connectivity index (χ1) is 19.2. The molecule has 3 aromatic carbocycles. The van der Waals surface area contributed by atoms with E-state index in [0.717, 1.165) is 21.7 Å². The number of rotatable bonds is 11. The average molecular weight is 584 g/mol. The summed E-state index contributed by atoms with van der Waals surface area (Å²) in [4.78, 5) is 29.3. The summed E-state index contributed by atoms with van der Waals surface area (Å²) in [6.45, 7) is 6.70. The minimum absolute atomic E-state index is 0.0449. The molecule has 0 radical (unpaired) electrons. The molecule has 41 heavy (non-hydrogen) atoms. The van der Waals surface area contributed by atoms with E-state index < -0.39 is 45.8 Å². The molecule has 0 heterocycles. The summed E-state index contributed by atoms with van der Waals surface area (Å²) in [7, 11) is -2.53. The van der Waals surface area contributed by atoms with E-state index in [-0.39, 0.29) is 24.4 Å². The van der Waals surface area contributed by atoms with Gasteiger partial charge in [-0.25, -0.2) is 12.8 Å². The monoisotopic (exact) mass is 583 g/mol. The molecule has 0 saturated carbocycles. The molecule has 0 aliphatic heterocycles. The first-order valence-corrected chi connectivity index (χ1v) is 15.0. The number of hydrogen-bond donors (Lipinski definition) is 1. The van der Waals surface area contributed by atoms with Gasteiger partial charge in [-0.3, -0.25) is 13.9 Å². The van der Waals surface area contributed by atoms with E-state index in [9.17, 15) is 22.4 Å². The number of amides is 2. The fourth-order valence-electron chi connectivity index (χ4n) is 4.38. The van der Waals surface area contributed by atoms with Gasteiger partial charge in [0.1, 0.15) is 24.2 Å². The standard InChI is InChI=1S/C31H38FN3O5S/c1-22-12-17-28(40-5)26(18-22)35(41(6,38)39)21-29(36)34(20-24-13-15-25(32)16-14-24)27(30(37)33-31(2,3)4)19-23-10-8-7-9-11-23/h7-18,27H,19-21H2,1-6H3,(H,33,37)/t27-/m1/s1. The van der Waals surface area contributed by atoms with Gasteiger partial charge in [-0.05, 0) is 68.7 Å². The lowest BCUT2D eigenvalue weighted by Crippen LogP contribution is -2.56. The number of halogens is 1. The molecule has 0 fully saturated rings.